The quantitative estimate of drug-likeness (QED) is 0.781. The van der Waals surface area contributed by atoms with E-state index in [9.17, 15) is 13.2 Å². The average molecular weight is 319 g/mol. The number of hydrogen-bond acceptors (Lipinski definition) is 3. The third-order valence-corrected chi connectivity index (χ3v) is 3.14. The van der Waals surface area contributed by atoms with Crippen molar-refractivity contribution in [1.29, 1.82) is 0 Å². The minimum absolute atomic E-state index is 0.248. The summed E-state index contributed by atoms with van der Waals surface area (Å²) in [5, 5.41) is 6.87. The van der Waals surface area contributed by atoms with E-state index in [1.165, 1.54) is 12.1 Å². The van der Waals surface area contributed by atoms with Crippen molar-refractivity contribution in [3.63, 3.8) is 0 Å². The highest BCUT2D eigenvalue weighted by Gasteiger charge is 2.30. The van der Waals surface area contributed by atoms with Gasteiger partial charge >= 0.3 is 6.36 Å². The summed E-state index contributed by atoms with van der Waals surface area (Å²) in [6.45, 7) is 1.81. The number of aryl methyl sites for hydroxylation is 1. The lowest BCUT2D eigenvalue weighted by atomic mass is 10.0. The second-order valence-corrected chi connectivity index (χ2v) is 4.90. The number of rotatable bonds is 3. The molecule has 3 aromatic rings. The van der Waals surface area contributed by atoms with Crippen LogP contribution in [0.1, 0.15) is 5.82 Å². The summed E-state index contributed by atoms with van der Waals surface area (Å²) >= 11 is 0. The lowest BCUT2D eigenvalue weighted by Crippen LogP contribution is -2.16. The molecular weight excluding hydrogens is 307 g/mol. The van der Waals surface area contributed by atoms with Crippen LogP contribution in [0.4, 0.5) is 13.2 Å². The molecule has 1 heterocycles. The lowest BCUT2D eigenvalue weighted by Gasteiger charge is -2.09. The molecule has 0 spiro atoms. The highest BCUT2D eigenvalue weighted by atomic mass is 19.4. The molecule has 0 aliphatic carbocycles. The van der Waals surface area contributed by atoms with Crippen molar-refractivity contribution in [2.45, 2.75) is 13.3 Å². The van der Waals surface area contributed by atoms with Gasteiger partial charge in [0, 0.05) is 5.56 Å². The first kappa shape index (κ1) is 15.1. The number of benzene rings is 2. The zero-order valence-electron chi connectivity index (χ0n) is 12.1. The first-order chi connectivity index (χ1) is 10.9. The van der Waals surface area contributed by atoms with Gasteiger partial charge in [-0.1, -0.05) is 30.3 Å². The van der Waals surface area contributed by atoms with Gasteiger partial charge in [0.25, 0.3) is 0 Å². The summed E-state index contributed by atoms with van der Waals surface area (Å²) < 4.78 is 40.4. The van der Waals surface area contributed by atoms with Crippen LogP contribution in [0.5, 0.6) is 5.75 Å². The van der Waals surface area contributed by atoms with Crippen LogP contribution < -0.4 is 4.74 Å². The van der Waals surface area contributed by atoms with Gasteiger partial charge in [-0.2, -0.15) is 5.10 Å². The molecule has 1 aromatic heterocycles. The number of aromatic amines is 1. The number of aromatic nitrogens is 3. The molecular formula is C16H12F3N3O. The van der Waals surface area contributed by atoms with Crippen molar-refractivity contribution in [3.8, 4) is 28.3 Å². The number of H-pyrrole nitrogens is 1. The Morgan fingerprint density at radius 2 is 1.65 bits per heavy atom. The molecule has 1 N–H and O–H groups in total. The van der Waals surface area contributed by atoms with E-state index < -0.39 is 6.36 Å². The normalized spacial score (nSPS) is 11.5. The Bertz CT molecular complexity index is 810. The van der Waals surface area contributed by atoms with Gasteiger partial charge in [0.2, 0.25) is 0 Å². The summed E-state index contributed by atoms with van der Waals surface area (Å²) in [4.78, 5) is 4.26. The maximum atomic E-state index is 12.2. The van der Waals surface area contributed by atoms with Gasteiger partial charge in [-0.05, 0) is 36.2 Å². The van der Waals surface area contributed by atoms with Gasteiger partial charge in [0.1, 0.15) is 11.6 Å². The summed E-state index contributed by atoms with van der Waals surface area (Å²) in [6, 6.07) is 13.2. The topological polar surface area (TPSA) is 50.8 Å². The van der Waals surface area contributed by atoms with Crippen molar-refractivity contribution in [3.05, 3.63) is 54.4 Å². The van der Waals surface area contributed by atoms with Crippen molar-refractivity contribution >= 4 is 0 Å². The van der Waals surface area contributed by atoms with E-state index in [1.807, 2.05) is 24.3 Å². The van der Waals surface area contributed by atoms with E-state index in [2.05, 4.69) is 19.9 Å². The first-order valence-corrected chi connectivity index (χ1v) is 6.76. The Morgan fingerprint density at radius 1 is 0.957 bits per heavy atom. The molecule has 23 heavy (non-hydrogen) atoms. The van der Waals surface area contributed by atoms with Crippen molar-refractivity contribution in [1.82, 2.24) is 15.2 Å². The molecule has 0 bridgehead atoms. The largest absolute Gasteiger partial charge is 0.573 e. The minimum Gasteiger partial charge on any atom is -0.406 e. The first-order valence-electron chi connectivity index (χ1n) is 6.76. The number of hydrogen-bond donors (Lipinski definition) is 1. The van der Waals surface area contributed by atoms with E-state index in [0.29, 0.717) is 11.6 Å². The van der Waals surface area contributed by atoms with Crippen molar-refractivity contribution < 1.29 is 17.9 Å². The van der Waals surface area contributed by atoms with Crippen LogP contribution in [0, 0.1) is 6.92 Å². The molecule has 0 atom stereocenters. The second kappa shape index (κ2) is 5.75. The second-order valence-electron chi connectivity index (χ2n) is 4.90. The van der Waals surface area contributed by atoms with Gasteiger partial charge in [-0.3, -0.25) is 5.10 Å². The smallest absolute Gasteiger partial charge is 0.406 e. The maximum Gasteiger partial charge on any atom is 0.573 e. The molecule has 2 aromatic carbocycles. The molecule has 0 aliphatic heterocycles. The fraction of sp³-hybridized carbons (Fsp3) is 0.125. The Hall–Kier alpha value is -2.83. The van der Waals surface area contributed by atoms with Crippen molar-refractivity contribution in [2.75, 3.05) is 0 Å². The third kappa shape index (κ3) is 3.68. The molecule has 3 rings (SSSR count). The van der Waals surface area contributed by atoms with Gasteiger partial charge in [-0.15, -0.1) is 13.2 Å². The molecule has 0 unspecified atom stereocenters. The van der Waals surface area contributed by atoms with E-state index >= 15 is 0 Å². The number of ether oxygens (including phenoxy) is 1. The molecule has 0 radical (unpaired) electrons. The molecule has 0 saturated carbocycles. The average Bonchev–Trinajstić information content (AvgIpc) is 2.93. The van der Waals surface area contributed by atoms with Crippen LogP contribution >= 0.6 is 0 Å². The van der Waals surface area contributed by atoms with Gasteiger partial charge in [0.05, 0.1) is 0 Å². The van der Waals surface area contributed by atoms with Gasteiger partial charge in [-0.25, -0.2) is 4.98 Å². The van der Waals surface area contributed by atoms with Crippen LogP contribution in [0.3, 0.4) is 0 Å². The molecule has 0 fully saturated rings. The van der Waals surface area contributed by atoms with E-state index in [1.54, 1.807) is 19.1 Å². The molecule has 0 aliphatic rings. The summed E-state index contributed by atoms with van der Waals surface area (Å²) in [5.74, 6) is 1.03. The zero-order valence-corrected chi connectivity index (χ0v) is 12.1. The fourth-order valence-corrected chi connectivity index (χ4v) is 2.16. The van der Waals surface area contributed by atoms with E-state index in [-0.39, 0.29) is 5.75 Å². The molecule has 4 nitrogen and oxygen atoms in total. The zero-order chi connectivity index (χ0) is 16.4. The van der Waals surface area contributed by atoms with Crippen LogP contribution in [0.25, 0.3) is 22.5 Å². The summed E-state index contributed by atoms with van der Waals surface area (Å²) in [6.07, 6.45) is -4.69. The molecule has 7 heteroatoms. The highest BCUT2D eigenvalue weighted by Crippen LogP contribution is 2.28. The minimum atomic E-state index is -4.69. The third-order valence-electron chi connectivity index (χ3n) is 3.14. The van der Waals surface area contributed by atoms with Crippen LogP contribution in [-0.2, 0) is 0 Å². The van der Waals surface area contributed by atoms with Crippen LogP contribution in [0.15, 0.2) is 48.5 Å². The fourth-order valence-electron chi connectivity index (χ4n) is 2.16. The van der Waals surface area contributed by atoms with Gasteiger partial charge < -0.3 is 4.74 Å². The number of alkyl halides is 3. The molecule has 0 saturated heterocycles. The number of nitrogens with one attached hydrogen (secondary N) is 1. The van der Waals surface area contributed by atoms with Gasteiger partial charge in [0.15, 0.2) is 5.82 Å². The lowest BCUT2D eigenvalue weighted by molar-refractivity contribution is -0.274. The van der Waals surface area contributed by atoms with E-state index in [4.69, 9.17) is 0 Å². The molecule has 0 amide bonds. The summed E-state index contributed by atoms with van der Waals surface area (Å²) in [5.41, 5.74) is 2.44. The highest BCUT2D eigenvalue weighted by molar-refractivity contribution is 5.70. The Balaban J connectivity index is 1.87. The van der Waals surface area contributed by atoms with Crippen molar-refractivity contribution in [2.24, 2.45) is 0 Å². The standard InChI is InChI=1S/C16H12F3N3O/c1-10-20-15(22-21-10)13-4-2-3-12(9-13)11-5-7-14(8-6-11)23-16(17,18)19/h2-9H,1H3,(H,20,21,22). The summed E-state index contributed by atoms with van der Waals surface area (Å²) in [7, 11) is 0. The maximum absolute atomic E-state index is 12.2. The number of halogens is 3. The SMILES string of the molecule is Cc1nc(-c2cccc(-c3ccc(OC(F)(F)F)cc3)c2)n[nH]1. The molecule has 118 valence electrons. The Kier molecular flexibility index (Phi) is 3.77. The monoisotopic (exact) mass is 319 g/mol. The van der Waals surface area contributed by atoms with Crippen LogP contribution in [-0.4, -0.2) is 21.5 Å². The Morgan fingerprint density at radius 3 is 2.26 bits per heavy atom. The number of nitrogens with zero attached hydrogens (tertiary/aromatic N) is 2. The van der Waals surface area contributed by atoms with E-state index in [0.717, 1.165) is 16.7 Å². The Labute approximate surface area is 130 Å². The van der Waals surface area contributed by atoms with Crippen LogP contribution in [0.2, 0.25) is 0 Å². The predicted octanol–water partition coefficient (Wildman–Crippen LogP) is 4.35. The predicted molar refractivity (Wildman–Crippen MR) is 78.7 cm³/mol.